The molecule has 2 N–H and O–H groups in total. The molecular weight excluding hydrogens is 330 g/mol. The van der Waals surface area contributed by atoms with E-state index < -0.39 is 6.03 Å². The van der Waals surface area contributed by atoms with E-state index in [1.54, 1.807) is 18.2 Å². The van der Waals surface area contributed by atoms with Crippen LogP contribution in [-0.2, 0) is 0 Å². The van der Waals surface area contributed by atoms with E-state index in [2.05, 4.69) is 10.6 Å². The maximum Gasteiger partial charge on any atom is 0.319 e. The molecule has 116 valence electrons. The largest absolute Gasteiger partial charge is 0.492 e. The van der Waals surface area contributed by atoms with Gasteiger partial charge in [0.15, 0.2) is 0 Å². The highest BCUT2D eigenvalue weighted by Crippen LogP contribution is 2.22. The van der Waals surface area contributed by atoms with Crippen LogP contribution in [0.1, 0.15) is 0 Å². The minimum Gasteiger partial charge on any atom is -0.492 e. The van der Waals surface area contributed by atoms with Crippen molar-refractivity contribution in [3.8, 4) is 5.75 Å². The van der Waals surface area contributed by atoms with Crippen molar-refractivity contribution in [1.29, 1.82) is 0 Å². The average molecular weight is 343 g/mol. The van der Waals surface area contributed by atoms with Gasteiger partial charge < -0.3 is 15.4 Å². The third-order valence-corrected chi connectivity index (χ3v) is 3.03. The molecule has 4 nitrogen and oxygen atoms in total. The van der Waals surface area contributed by atoms with Crippen LogP contribution in [-0.4, -0.2) is 19.2 Å². The summed E-state index contributed by atoms with van der Waals surface area (Å²) in [7, 11) is 0. The van der Waals surface area contributed by atoms with Crippen LogP contribution in [0.2, 0.25) is 10.0 Å². The summed E-state index contributed by atoms with van der Waals surface area (Å²) in [4.78, 5) is 11.7. The number of ether oxygens (including phenoxy) is 1. The van der Waals surface area contributed by atoms with Gasteiger partial charge in [0, 0.05) is 15.7 Å². The lowest BCUT2D eigenvalue weighted by atomic mass is 10.3. The quantitative estimate of drug-likeness (QED) is 0.794. The number of hydrogen-bond donors (Lipinski definition) is 2. The van der Waals surface area contributed by atoms with Crippen molar-refractivity contribution >= 4 is 34.9 Å². The molecule has 0 aromatic heterocycles. The Hall–Kier alpha value is -1.98. The van der Waals surface area contributed by atoms with Crippen LogP contribution in [0.5, 0.6) is 5.75 Å². The van der Waals surface area contributed by atoms with Crippen LogP contribution >= 0.6 is 23.2 Å². The summed E-state index contributed by atoms with van der Waals surface area (Å²) in [6, 6.07) is 9.98. The molecule has 0 atom stereocenters. The Morgan fingerprint density at radius 2 is 1.73 bits per heavy atom. The van der Waals surface area contributed by atoms with E-state index >= 15 is 0 Å². The van der Waals surface area contributed by atoms with Crippen molar-refractivity contribution in [2.45, 2.75) is 0 Å². The molecular formula is C15H13Cl2FN2O2. The highest BCUT2D eigenvalue weighted by Gasteiger charge is 2.03. The number of carbonyl (C=O) groups excluding carboxylic acids is 1. The van der Waals surface area contributed by atoms with Crippen LogP contribution in [0.4, 0.5) is 14.9 Å². The number of nitrogens with one attached hydrogen (secondary N) is 2. The summed E-state index contributed by atoms with van der Waals surface area (Å²) < 4.78 is 18.1. The predicted octanol–water partition coefficient (Wildman–Crippen LogP) is 4.33. The smallest absolute Gasteiger partial charge is 0.319 e. The number of halogens is 3. The number of urea groups is 1. The van der Waals surface area contributed by atoms with E-state index in [1.807, 2.05) is 0 Å². The van der Waals surface area contributed by atoms with Gasteiger partial charge in [0.05, 0.1) is 6.54 Å². The SMILES string of the molecule is O=C(NCCOc1ccc(F)cc1)Nc1cc(Cl)cc(Cl)c1. The van der Waals surface area contributed by atoms with Crippen LogP contribution in [0.25, 0.3) is 0 Å². The maximum absolute atomic E-state index is 12.7. The first-order valence-electron chi connectivity index (χ1n) is 6.42. The van der Waals surface area contributed by atoms with E-state index in [4.69, 9.17) is 27.9 Å². The second-order valence-electron chi connectivity index (χ2n) is 4.34. The molecule has 0 heterocycles. The fraction of sp³-hybridized carbons (Fsp3) is 0.133. The Morgan fingerprint density at radius 3 is 2.36 bits per heavy atom. The number of hydrogen-bond acceptors (Lipinski definition) is 2. The van der Waals surface area contributed by atoms with E-state index in [-0.39, 0.29) is 19.0 Å². The summed E-state index contributed by atoms with van der Waals surface area (Å²) in [5, 5.41) is 6.09. The lowest BCUT2D eigenvalue weighted by Gasteiger charge is -2.09. The summed E-state index contributed by atoms with van der Waals surface area (Å²) in [5.41, 5.74) is 0.495. The Bertz CT molecular complexity index is 630. The van der Waals surface area contributed by atoms with Gasteiger partial charge in [-0.1, -0.05) is 23.2 Å². The third-order valence-electron chi connectivity index (χ3n) is 2.59. The fourth-order valence-electron chi connectivity index (χ4n) is 1.67. The van der Waals surface area contributed by atoms with Gasteiger partial charge in [-0.25, -0.2) is 9.18 Å². The number of benzene rings is 2. The molecule has 0 aliphatic carbocycles. The monoisotopic (exact) mass is 342 g/mol. The second-order valence-corrected chi connectivity index (χ2v) is 5.21. The number of rotatable bonds is 5. The molecule has 0 unspecified atom stereocenters. The van der Waals surface area contributed by atoms with Gasteiger partial charge in [0.2, 0.25) is 0 Å². The summed E-state index contributed by atoms with van der Waals surface area (Å²) in [6.45, 7) is 0.548. The number of carbonyl (C=O) groups is 1. The van der Waals surface area contributed by atoms with Gasteiger partial charge in [-0.05, 0) is 42.5 Å². The van der Waals surface area contributed by atoms with E-state index in [0.29, 0.717) is 21.5 Å². The zero-order valence-corrected chi connectivity index (χ0v) is 12.9. The normalized spacial score (nSPS) is 10.1. The Balaban J connectivity index is 1.72. The summed E-state index contributed by atoms with van der Waals surface area (Å²) >= 11 is 11.7. The Kier molecular flexibility index (Phi) is 5.86. The van der Waals surface area contributed by atoms with Gasteiger partial charge >= 0.3 is 6.03 Å². The molecule has 2 amide bonds. The lowest BCUT2D eigenvalue weighted by Crippen LogP contribution is -2.32. The highest BCUT2D eigenvalue weighted by atomic mass is 35.5. The van der Waals surface area contributed by atoms with Crippen LogP contribution < -0.4 is 15.4 Å². The molecule has 0 saturated heterocycles. The predicted molar refractivity (Wildman–Crippen MR) is 85.4 cm³/mol. The van der Waals surface area contributed by atoms with E-state index in [0.717, 1.165) is 0 Å². The summed E-state index contributed by atoms with van der Waals surface area (Å²) in [5.74, 6) is 0.204. The molecule has 2 rings (SSSR count). The number of anilines is 1. The first-order valence-corrected chi connectivity index (χ1v) is 7.18. The zero-order chi connectivity index (χ0) is 15.9. The second kappa shape index (κ2) is 7.87. The molecule has 0 bridgehead atoms. The topological polar surface area (TPSA) is 50.4 Å². The Morgan fingerprint density at radius 1 is 1.09 bits per heavy atom. The van der Waals surface area contributed by atoms with Crippen LogP contribution in [0, 0.1) is 5.82 Å². The molecule has 2 aromatic carbocycles. The molecule has 0 fully saturated rings. The van der Waals surface area contributed by atoms with Crippen molar-refractivity contribution in [3.63, 3.8) is 0 Å². The molecule has 0 aliphatic rings. The molecule has 0 saturated carbocycles. The first-order chi connectivity index (χ1) is 10.5. The van der Waals surface area contributed by atoms with Crippen molar-refractivity contribution in [2.75, 3.05) is 18.5 Å². The highest BCUT2D eigenvalue weighted by molar-refractivity contribution is 6.35. The number of amides is 2. The van der Waals surface area contributed by atoms with Gasteiger partial charge in [0.1, 0.15) is 18.2 Å². The zero-order valence-electron chi connectivity index (χ0n) is 11.4. The molecule has 0 aliphatic heterocycles. The first kappa shape index (κ1) is 16.4. The fourth-order valence-corrected chi connectivity index (χ4v) is 2.19. The summed E-state index contributed by atoms with van der Waals surface area (Å²) in [6.07, 6.45) is 0. The molecule has 2 aromatic rings. The van der Waals surface area contributed by atoms with Crippen molar-refractivity contribution in [3.05, 3.63) is 58.3 Å². The maximum atomic E-state index is 12.7. The molecule has 7 heteroatoms. The van der Waals surface area contributed by atoms with E-state index in [9.17, 15) is 9.18 Å². The van der Waals surface area contributed by atoms with E-state index in [1.165, 1.54) is 24.3 Å². The van der Waals surface area contributed by atoms with Crippen molar-refractivity contribution in [2.24, 2.45) is 0 Å². The molecule has 22 heavy (non-hydrogen) atoms. The van der Waals surface area contributed by atoms with Crippen LogP contribution in [0.3, 0.4) is 0 Å². The van der Waals surface area contributed by atoms with Crippen molar-refractivity contribution < 1.29 is 13.9 Å². The molecule has 0 radical (unpaired) electrons. The van der Waals surface area contributed by atoms with Crippen LogP contribution in [0.15, 0.2) is 42.5 Å². The van der Waals surface area contributed by atoms with Gasteiger partial charge in [-0.2, -0.15) is 0 Å². The average Bonchev–Trinajstić information content (AvgIpc) is 2.44. The lowest BCUT2D eigenvalue weighted by molar-refractivity contribution is 0.247. The third kappa shape index (κ3) is 5.42. The van der Waals surface area contributed by atoms with Gasteiger partial charge in [-0.3, -0.25) is 0 Å². The Labute approximate surface area is 137 Å². The minimum atomic E-state index is -0.402. The van der Waals surface area contributed by atoms with Crippen molar-refractivity contribution in [1.82, 2.24) is 5.32 Å². The minimum absolute atomic E-state index is 0.259. The van der Waals surface area contributed by atoms with Gasteiger partial charge in [0.25, 0.3) is 0 Å². The van der Waals surface area contributed by atoms with Gasteiger partial charge in [-0.15, -0.1) is 0 Å². The molecule has 0 spiro atoms. The standard InChI is InChI=1S/C15H13Cl2FN2O2/c16-10-7-11(17)9-13(8-10)20-15(21)19-5-6-22-14-3-1-12(18)2-4-14/h1-4,7-9H,5-6H2,(H2,19,20,21).